The first-order valence-corrected chi connectivity index (χ1v) is 8.84. The maximum absolute atomic E-state index is 12.4. The summed E-state index contributed by atoms with van der Waals surface area (Å²) in [6.07, 6.45) is 6.69. The Morgan fingerprint density at radius 1 is 1.26 bits per heavy atom. The van der Waals surface area contributed by atoms with Gasteiger partial charge < -0.3 is 5.32 Å². The molecular weight excluding hydrogens is 308 g/mol. The van der Waals surface area contributed by atoms with Gasteiger partial charge >= 0.3 is 0 Å². The molecule has 0 radical (unpaired) electrons. The average molecular weight is 326 g/mol. The normalized spacial score (nSPS) is 15.3. The van der Waals surface area contributed by atoms with Gasteiger partial charge in [0.1, 0.15) is 5.82 Å². The van der Waals surface area contributed by atoms with Gasteiger partial charge in [-0.1, -0.05) is 18.9 Å². The molecule has 1 aliphatic carbocycles. The summed E-state index contributed by atoms with van der Waals surface area (Å²) < 4.78 is 1.98. The molecule has 0 unspecified atom stereocenters. The van der Waals surface area contributed by atoms with Crippen LogP contribution in [0.15, 0.2) is 35.8 Å². The van der Waals surface area contributed by atoms with E-state index in [1.54, 1.807) is 11.3 Å². The van der Waals surface area contributed by atoms with Gasteiger partial charge in [0.25, 0.3) is 5.91 Å². The van der Waals surface area contributed by atoms with Crippen molar-refractivity contribution in [2.75, 3.05) is 0 Å². The maximum atomic E-state index is 12.4. The van der Waals surface area contributed by atoms with E-state index in [0.29, 0.717) is 18.0 Å². The van der Waals surface area contributed by atoms with Gasteiger partial charge in [-0.05, 0) is 36.4 Å². The summed E-state index contributed by atoms with van der Waals surface area (Å²) in [4.78, 5) is 13.5. The molecule has 0 aromatic carbocycles. The SMILES string of the molecule is O=C(NCc1cccs1)c1ccc2nnc(C3CCCC3)n2c1. The number of aromatic nitrogens is 3. The number of hydrogen-bond acceptors (Lipinski definition) is 4. The number of nitrogens with one attached hydrogen (secondary N) is 1. The molecule has 1 N–H and O–H groups in total. The molecule has 0 aliphatic heterocycles. The third-order valence-corrected chi connectivity index (χ3v) is 5.29. The molecule has 1 amide bonds. The van der Waals surface area contributed by atoms with E-state index in [9.17, 15) is 4.79 Å². The number of thiophene rings is 1. The van der Waals surface area contributed by atoms with Crippen molar-refractivity contribution >= 4 is 22.9 Å². The molecule has 118 valence electrons. The van der Waals surface area contributed by atoms with Crippen LogP contribution in [0.4, 0.5) is 0 Å². The number of amides is 1. The van der Waals surface area contributed by atoms with Crippen LogP contribution in [-0.2, 0) is 6.54 Å². The number of carbonyl (C=O) groups is 1. The average Bonchev–Trinajstić information content (AvgIpc) is 3.31. The maximum Gasteiger partial charge on any atom is 0.253 e. The number of fused-ring (bicyclic) bond motifs is 1. The fourth-order valence-corrected chi connectivity index (χ4v) is 3.83. The minimum atomic E-state index is -0.0635. The summed E-state index contributed by atoms with van der Waals surface area (Å²) in [6.45, 7) is 0.562. The summed E-state index contributed by atoms with van der Waals surface area (Å²) in [6, 6.07) is 7.69. The van der Waals surface area contributed by atoms with Gasteiger partial charge in [-0.3, -0.25) is 9.20 Å². The molecule has 1 fully saturated rings. The molecule has 1 aliphatic rings. The lowest BCUT2D eigenvalue weighted by atomic mass is 10.1. The molecule has 0 bridgehead atoms. The molecule has 3 heterocycles. The lowest BCUT2D eigenvalue weighted by Gasteiger charge is -2.08. The minimum absolute atomic E-state index is 0.0635. The molecule has 3 aromatic heterocycles. The highest BCUT2D eigenvalue weighted by atomic mass is 32.1. The van der Waals surface area contributed by atoms with Crippen molar-refractivity contribution in [1.82, 2.24) is 19.9 Å². The van der Waals surface area contributed by atoms with E-state index in [2.05, 4.69) is 15.5 Å². The fourth-order valence-electron chi connectivity index (χ4n) is 3.19. The first kappa shape index (κ1) is 14.4. The van der Waals surface area contributed by atoms with E-state index < -0.39 is 0 Å². The largest absolute Gasteiger partial charge is 0.347 e. The highest BCUT2D eigenvalue weighted by Crippen LogP contribution is 2.33. The van der Waals surface area contributed by atoms with Crippen molar-refractivity contribution in [3.05, 3.63) is 52.1 Å². The van der Waals surface area contributed by atoms with Crippen molar-refractivity contribution < 1.29 is 4.79 Å². The summed E-state index contributed by atoms with van der Waals surface area (Å²) in [7, 11) is 0. The Balaban J connectivity index is 1.57. The molecule has 0 saturated heterocycles. The topological polar surface area (TPSA) is 59.3 Å². The third kappa shape index (κ3) is 2.86. The van der Waals surface area contributed by atoms with Crippen molar-refractivity contribution in [3.63, 3.8) is 0 Å². The Labute approximate surface area is 138 Å². The van der Waals surface area contributed by atoms with Crippen molar-refractivity contribution in [2.24, 2.45) is 0 Å². The Hall–Kier alpha value is -2.21. The van der Waals surface area contributed by atoms with Crippen LogP contribution in [0.1, 0.15) is 52.7 Å². The summed E-state index contributed by atoms with van der Waals surface area (Å²) in [5.41, 5.74) is 1.45. The van der Waals surface area contributed by atoms with Gasteiger partial charge in [0.2, 0.25) is 0 Å². The van der Waals surface area contributed by atoms with Crippen molar-refractivity contribution in [1.29, 1.82) is 0 Å². The van der Waals surface area contributed by atoms with Crippen LogP contribution < -0.4 is 5.32 Å². The van der Waals surface area contributed by atoms with E-state index in [0.717, 1.165) is 29.2 Å². The second-order valence-electron chi connectivity index (χ2n) is 5.95. The smallest absolute Gasteiger partial charge is 0.253 e. The van der Waals surface area contributed by atoms with E-state index in [1.165, 1.54) is 12.8 Å². The lowest BCUT2D eigenvalue weighted by Crippen LogP contribution is -2.22. The highest BCUT2D eigenvalue weighted by molar-refractivity contribution is 7.09. The lowest BCUT2D eigenvalue weighted by molar-refractivity contribution is 0.0951. The molecule has 0 spiro atoms. The van der Waals surface area contributed by atoms with Crippen LogP contribution in [0.3, 0.4) is 0 Å². The number of rotatable bonds is 4. The van der Waals surface area contributed by atoms with Gasteiger partial charge in [-0.15, -0.1) is 21.5 Å². The zero-order valence-electron chi connectivity index (χ0n) is 12.7. The third-order valence-electron chi connectivity index (χ3n) is 4.41. The molecule has 1 saturated carbocycles. The first-order chi connectivity index (χ1) is 11.3. The van der Waals surface area contributed by atoms with Crippen LogP contribution in [-0.4, -0.2) is 20.5 Å². The zero-order chi connectivity index (χ0) is 15.6. The fraction of sp³-hybridized carbons (Fsp3) is 0.353. The van der Waals surface area contributed by atoms with Gasteiger partial charge in [0.05, 0.1) is 12.1 Å². The van der Waals surface area contributed by atoms with E-state index >= 15 is 0 Å². The Kier molecular flexibility index (Phi) is 3.83. The zero-order valence-corrected chi connectivity index (χ0v) is 13.6. The van der Waals surface area contributed by atoms with Gasteiger partial charge in [0, 0.05) is 17.0 Å². The number of carbonyl (C=O) groups excluding carboxylic acids is 1. The second-order valence-corrected chi connectivity index (χ2v) is 6.98. The van der Waals surface area contributed by atoms with Crippen LogP contribution in [0.2, 0.25) is 0 Å². The summed E-state index contributed by atoms with van der Waals surface area (Å²) >= 11 is 1.64. The minimum Gasteiger partial charge on any atom is -0.347 e. The van der Waals surface area contributed by atoms with Gasteiger partial charge in [-0.2, -0.15) is 0 Å². The molecule has 5 nitrogen and oxygen atoms in total. The molecule has 3 aromatic rings. The second kappa shape index (κ2) is 6.12. The van der Waals surface area contributed by atoms with E-state index in [-0.39, 0.29) is 5.91 Å². The van der Waals surface area contributed by atoms with Crippen molar-refractivity contribution in [2.45, 2.75) is 38.1 Å². The predicted octanol–water partition coefficient (Wildman–Crippen LogP) is 3.38. The number of hydrogen-bond donors (Lipinski definition) is 1. The van der Waals surface area contributed by atoms with E-state index in [1.807, 2.05) is 40.2 Å². The molecular formula is C17H18N4OS. The number of nitrogens with zero attached hydrogens (tertiary/aromatic N) is 3. The van der Waals surface area contributed by atoms with Crippen LogP contribution >= 0.6 is 11.3 Å². The van der Waals surface area contributed by atoms with Gasteiger partial charge in [0.15, 0.2) is 5.65 Å². The highest BCUT2D eigenvalue weighted by Gasteiger charge is 2.22. The predicted molar refractivity (Wildman–Crippen MR) is 89.7 cm³/mol. The molecule has 23 heavy (non-hydrogen) atoms. The van der Waals surface area contributed by atoms with Gasteiger partial charge in [-0.25, -0.2) is 0 Å². The first-order valence-electron chi connectivity index (χ1n) is 7.96. The van der Waals surface area contributed by atoms with Crippen LogP contribution in [0, 0.1) is 0 Å². The van der Waals surface area contributed by atoms with E-state index in [4.69, 9.17) is 0 Å². The number of pyridine rings is 1. The van der Waals surface area contributed by atoms with Crippen LogP contribution in [0.5, 0.6) is 0 Å². The quantitative estimate of drug-likeness (QED) is 0.799. The molecule has 0 atom stereocenters. The Morgan fingerprint density at radius 2 is 2.13 bits per heavy atom. The Bertz CT molecular complexity index is 818. The van der Waals surface area contributed by atoms with Crippen molar-refractivity contribution in [3.8, 4) is 0 Å². The summed E-state index contributed by atoms with van der Waals surface area (Å²) in [5.74, 6) is 1.39. The molecule has 6 heteroatoms. The summed E-state index contributed by atoms with van der Waals surface area (Å²) in [5, 5.41) is 13.6. The monoisotopic (exact) mass is 326 g/mol. The standard InChI is InChI=1S/C17H18N4OS/c22-17(18-10-14-6-3-9-23-14)13-7-8-15-19-20-16(21(15)11-13)12-4-1-2-5-12/h3,6-9,11-12H,1-2,4-5,10H2,(H,18,22). The molecule has 4 rings (SSSR count). The Morgan fingerprint density at radius 3 is 2.91 bits per heavy atom. The van der Waals surface area contributed by atoms with Crippen LogP contribution in [0.25, 0.3) is 5.65 Å².